The van der Waals surface area contributed by atoms with Crippen molar-refractivity contribution in [2.45, 2.75) is 31.9 Å². The summed E-state index contributed by atoms with van der Waals surface area (Å²) in [6, 6.07) is 0.351. The molecule has 14 heavy (non-hydrogen) atoms. The Balaban J connectivity index is 2.08. The Morgan fingerprint density at radius 2 is 2.43 bits per heavy atom. The number of aryl methyl sites for hydroxylation is 1. The van der Waals surface area contributed by atoms with Crippen molar-refractivity contribution in [2.75, 3.05) is 11.9 Å². The number of imidazole rings is 1. The first-order valence-corrected chi connectivity index (χ1v) is 4.97. The molecule has 0 aromatic carbocycles. The lowest BCUT2D eigenvalue weighted by atomic mass is 9.99. The summed E-state index contributed by atoms with van der Waals surface area (Å²) in [6.07, 6.45) is 4.77. The van der Waals surface area contributed by atoms with Gasteiger partial charge in [-0.05, 0) is 20.3 Å². The Kier molecular flexibility index (Phi) is 2.23. The van der Waals surface area contributed by atoms with E-state index in [1.807, 2.05) is 17.8 Å². The highest BCUT2D eigenvalue weighted by atomic mass is 16.5. The second-order valence-corrected chi connectivity index (χ2v) is 4.30. The van der Waals surface area contributed by atoms with Crippen LogP contribution in [0.2, 0.25) is 0 Å². The minimum atomic E-state index is -0.0913. The molecule has 1 aliphatic heterocycles. The van der Waals surface area contributed by atoms with Gasteiger partial charge in [0.2, 0.25) is 5.95 Å². The first-order chi connectivity index (χ1) is 6.59. The average molecular weight is 195 g/mol. The number of nitrogens with one attached hydrogen (secondary N) is 1. The van der Waals surface area contributed by atoms with Gasteiger partial charge in [0, 0.05) is 26.0 Å². The summed E-state index contributed by atoms with van der Waals surface area (Å²) in [5.74, 6) is 0.911. The number of rotatable bonds is 2. The largest absolute Gasteiger partial charge is 0.373 e. The molecule has 1 atom stereocenters. The topological polar surface area (TPSA) is 39.1 Å². The summed E-state index contributed by atoms with van der Waals surface area (Å²) in [5, 5.41) is 3.41. The molecule has 0 bridgehead atoms. The highest BCUT2D eigenvalue weighted by Gasteiger charge is 2.36. The van der Waals surface area contributed by atoms with Crippen molar-refractivity contribution in [3.05, 3.63) is 12.4 Å². The fourth-order valence-electron chi connectivity index (χ4n) is 1.79. The molecule has 2 rings (SSSR count). The van der Waals surface area contributed by atoms with Gasteiger partial charge in [-0.25, -0.2) is 4.98 Å². The van der Waals surface area contributed by atoms with Gasteiger partial charge in [-0.2, -0.15) is 0 Å². The third-order valence-electron chi connectivity index (χ3n) is 2.84. The zero-order valence-corrected chi connectivity index (χ0v) is 8.95. The summed E-state index contributed by atoms with van der Waals surface area (Å²) in [4.78, 5) is 4.24. The third-order valence-corrected chi connectivity index (χ3v) is 2.84. The summed E-state index contributed by atoms with van der Waals surface area (Å²) in [6.45, 7) is 5.05. The summed E-state index contributed by atoms with van der Waals surface area (Å²) in [7, 11) is 1.98. The zero-order valence-electron chi connectivity index (χ0n) is 8.95. The van der Waals surface area contributed by atoms with E-state index in [-0.39, 0.29) is 5.60 Å². The number of nitrogens with zero attached hydrogens (tertiary/aromatic N) is 2. The van der Waals surface area contributed by atoms with Crippen LogP contribution < -0.4 is 5.32 Å². The molecule has 4 heteroatoms. The van der Waals surface area contributed by atoms with Crippen molar-refractivity contribution >= 4 is 5.95 Å². The van der Waals surface area contributed by atoms with Crippen LogP contribution in [-0.4, -0.2) is 27.8 Å². The monoisotopic (exact) mass is 195 g/mol. The molecule has 2 heterocycles. The standard InChI is InChI=1S/C10H17N3O/c1-10(2)8(4-7-14-10)12-9-11-5-6-13(9)3/h5-6,8H,4,7H2,1-3H3,(H,11,12). The first kappa shape index (κ1) is 9.52. The minimum absolute atomic E-state index is 0.0913. The molecule has 0 saturated carbocycles. The molecule has 4 nitrogen and oxygen atoms in total. The van der Waals surface area contributed by atoms with E-state index in [1.165, 1.54) is 0 Å². The summed E-state index contributed by atoms with van der Waals surface area (Å²) in [5.41, 5.74) is -0.0913. The maximum absolute atomic E-state index is 5.64. The number of aromatic nitrogens is 2. The van der Waals surface area contributed by atoms with Crippen molar-refractivity contribution < 1.29 is 4.74 Å². The van der Waals surface area contributed by atoms with E-state index in [4.69, 9.17) is 4.74 Å². The lowest BCUT2D eigenvalue weighted by molar-refractivity contribution is 0.0313. The number of ether oxygens (including phenoxy) is 1. The van der Waals surface area contributed by atoms with Crippen LogP contribution in [0.15, 0.2) is 12.4 Å². The quantitative estimate of drug-likeness (QED) is 0.775. The van der Waals surface area contributed by atoms with Crippen molar-refractivity contribution in [1.29, 1.82) is 0 Å². The van der Waals surface area contributed by atoms with Gasteiger partial charge in [0.05, 0.1) is 11.6 Å². The highest BCUT2D eigenvalue weighted by molar-refractivity contribution is 5.29. The van der Waals surface area contributed by atoms with Crippen molar-refractivity contribution in [3.63, 3.8) is 0 Å². The molecule has 0 aliphatic carbocycles. The minimum Gasteiger partial charge on any atom is -0.373 e. The van der Waals surface area contributed by atoms with Crippen LogP contribution in [0.25, 0.3) is 0 Å². The Labute approximate surface area is 84.3 Å². The van der Waals surface area contributed by atoms with E-state index >= 15 is 0 Å². The maximum Gasteiger partial charge on any atom is 0.202 e. The van der Waals surface area contributed by atoms with Crippen LogP contribution in [0.5, 0.6) is 0 Å². The molecule has 1 aromatic rings. The molecule has 1 fully saturated rings. The van der Waals surface area contributed by atoms with E-state index in [1.54, 1.807) is 6.20 Å². The second kappa shape index (κ2) is 3.28. The van der Waals surface area contributed by atoms with Crippen LogP contribution in [0.3, 0.4) is 0 Å². The van der Waals surface area contributed by atoms with Crippen molar-refractivity contribution in [3.8, 4) is 0 Å². The van der Waals surface area contributed by atoms with Gasteiger partial charge in [0.25, 0.3) is 0 Å². The predicted molar refractivity (Wildman–Crippen MR) is 55.3 cm³/mol. The normalized spacial score (nSPS) is 25.2. The van der Waals surface area contributed by atoms with Gasteiger partial charge in [-0.1, -0.05) is 0 Å². The fraction of sp³-hybridized carbons (Fsp3) is 0.700. The molecular formula is C10H17N3O. The summed E-state index contributed by atoms with van der Waals surface area (Å²) >= 11 is 0. The van der Waals surface area contributed by atoms with Gasteiger partial charge >= 0.3 is 0 Å². The van der Waals surface area contributed by atoms with Crippen LogP contribution in [0.4, 0.5) is 5.95 Å². The molecule has 0 amide bonds. The fourth-order valence-corrected chi connectivity index (χ4v) is 1.79. The molecule has 0 radical (unpaired) electrons. The van der Waals surface area contributed by atoms with Gasteiger partial charge in [0.15, 0.2) is 0 Å². The van der Waals surface area contributed by atoms with Gasteiger partial charge in [-0.15, -0.1) is 0 Å². The molecular weight excluding hydrogens is 178 g/mol. The first-order valence-electron chi connectivity index (χ1n) is 4.97. The molecule has 0 spiro atoms. The molecule has 1 unspecified atom stereocenters. The molecule has 1 saturated heterocycles. The van der Waals surface area contributed by atoms with Crippen LogP contribution in [0, 0.1) is 0 Å². The van der Waals surface area contributed by atoms with Crippen LogP contribution >= 0.6 is 0 Å². The SMILES string of the molecule is Cn1ccnc1NC1CCOC1(C)C. The second-order valence-electron chi connectivity index (χ2n) is 4.30. The Morgan fingerprint density at radius 1 is 1.64 bits per heavy atom. The van der Waals surface area contributed by atoms with E-state index in [0.29, 0.717) is 6.04 Å². The van der Waals surface area contributed by atoms with Gasteiger partial charge in [-0.3, -0.25) is 0 Å². The number of anilines is 1. The Bertz CT molecular complexity index is 319. The van der Waals surface area contributed by atoms with Gasteiger partial charge in [0.1, 0.15) is 0 Å². The Hall–Kier alpha value is -1.03. The third kappa shape index (κ3) is 1.62. The highest BCUT2D eigenvalue weighted by Crippen LogP contribution is 2.27. The van der Waals surface area contributed by atoms with Gasteiger partial charge < -0.3 is 14.6 Å². The maximum atomic E-state index is 5.64. The van der Waals surface area contributed by atoms with Crippen LogP contribution in [-0.2, 0) is 11.8 Å². The smallest absolute Gasteiger partial charge is 0.202 e. The van der Waals surface area contributed by atoms with E-state index in [2.05, 4.69) is 24.1 Å². The van der Waals surface area contributed by atoms with E-state index in [9.17, 15) is 0 Å². The van der Waals surface area contributed by atoms with E-state index in [0.717, 1.165) is 19.0 Å². The number of hydrogen-bond acceptors (Lipinski definition) is 3. The average Bonchev–Trinajstić information content (AvgIpc) is 2.62. The summed E-state index contributed by atoms with van der Waals surface area (Å²) < 4.78 is 7.62. The van der Waals surface area contributed by atoms with E-state index < -0.39 is 0 Å². The van der Waals surface area contributed by atoms with Crippen molar-refractivity contribution in [2.24, 2.45) is 7.05 Å². The number of hydrogen-bond donors (Lipinski definition) is 1. The lowest BCUT2D eigenvalue weighted by Gasteiger charge is -2.26. The van der Waals surface area contributed by atoms with Crippen molar-refractivity contribution in [1.82, 2.24) is 9.55 Å². The predicted octanol–water partition coefficient (Wildman–Crippen LogP) is 1.40. The Morgan fingerprint density at radius 3 is 2.93 bits per heavy atom. The molecule has 78 valence electrons. The lowest BCUT2D eigenvalue weighted by Crippen LogP contribution is -2.38. The molecule has 1 aliphatic rings. The zero-order chi connectivity index (χ0) is 10.2. The molecule has 1 aromatic heterocycles. The molecule has 1 N–H and O–H groups in total. The van der Waals surface area contributed by atoms with Crippen LogP contribution in [0.1, 0.15) is 20.3 Å².